The van der Waals surface area contributed by atoms with Gasteiger partial charge in [-0.05, 0) is 61.1 Å². The lowest BCUT2D eigenvalue weighted by molar-refractivity contribution is -0.125. The fourth-order valence-corrected chi connectivity index (χ4v) is 5.96. The lowest BCUT2D eigenvalue weighted by Gasteiger charge is -2.44. The zero-order chi connectivity index (χ0) is 26.2. The SMILES string of the molecule is C=CC(=O)N1CC2CC(N3CN(c4ccc(C(=O)Nc5cnccn5)cc4)C(N)=C4C=COC=C43)CC2C1. The van der Waals surface area contributed by atoms with E-state index in [0.29, 0.717) is 41.7 Å². The fraction of sp³-hybridized carbons (Fsp3) is 0.286. The molecule has 38 heavy (non-hydrogen) atoms. The number of carbonyl (C=O) groups is 2. The minimum Gasteiger partial charge on any atom is -0.470 e. The molecule has 2 amide bonds. The van der Waals surface area contributed by atoms with Crippen LogP contribution in [-0.2, 0) is 9.53 Å². The smallest absolute Gasteiger partial charge is 0.256 e. The van der Waals surface area contributed by atoms with E-state index in [-0.39, 0.29) is 11.8 Å². The van der Waals surface area contributed by atoms with E-state index in [1.165, 1.54) is 18.5 Å². The highest BCUT2D eigenvalue weighted by molar-refractivity contribution is 6.03. The quantitative estimate of drug-likeness (QED) is 0.589. The summed E-state index contributed by atoms with van der Waals surface area (Å²) in [5, 5.41) is 2.75. The van der Waals surface area contributed by atoms with Gasteiger partial charge in [0.15, 0.2) is 5.82 Å². The minimum absolute atomic E-state index is 0.0143. The van der Waals surface area contributed by atoms with Crippen LogP contribution in [0.1, 0.15) is 23.2 Å². The summed E-state index contributed by atoms with van der Waals surface area (Å²) in [5.41, 5.74) is 9.95. The normalized spacial score (nSPS) is 23.9. The number of nitrogens with two attached hydrogens (primary N) is 1. The Labute approximate surface area is 220 Å². The lowest BCUT2D eigenvalue weighted by Crippen LogP contribution is -2.49. The Kier molecular flexibility index (Phi) is 6.07. The van der Waals surface area contributed by atoms with Crippen LogP contribution in [0.25, 0.3) is 0 Å². The van der Waals surface area contributed by atoms with Gasteiger partial charge in [0, 0.05) is 48.3 Å². The number of allylic oxidation sites excluding steroid dienone is 1. The number of benzene rings is 1. The van der Waals surface area contributed by atoms with E-state index in [2.05, 4.69) is 31.7 Å². The van der Waals surface area contributed by atoms with Crippen molar-refractivity contribution in [1.29, 1.82) is 0 Å². The number of aromatic nitrogens is 2. The molecule has 6 rings (SSSR count). The van der Waals surface area contributed by atoms with E-state index in [1.54, 1.807) is 30.9 Å². The van der Waals surface area contributed by atoms with Gasteiger partial charge in [0.2, 0.25) is 5.91 Å². The lowest BCUT2D eigenvalue weighted by atomic mass is 10.0. The highest BCUT2D eigenvalue weighted by atomic mass is 16.5. The second kappa shape index (κ2) is 9.70. The standard InChI is InChI=1S/C28H29N7O3/c1-2-26(36)33-14-19-11-22(12-20(19)15-33)34-17-35(27(29)23-7-10-38-16-24(23)34)21-5-3-18(4-6-21)28(37)32-25-13-30-8-9-31-25/h2-10,13,16,19-20,22H,1,11-12,14-15,17,29H2,(H,31,32,37). The van der Waals surface area contributed by atoms with E-state index in [1.807, 2.05) is 23.1 Å². The molecule has 1 saturated carbocycles. The van der Waals surface area contributed by atoms with Crippen molar-refractivity contribution >= 4 is 23.3 Å². The van der Waals surface area contributed by atoms with Crippen molar-refractivity contribution in [2.45, 2.75) is 18.9 Å². The second-order valence-electron chi connectivity index (χ2n) is 9.96. The van der Waals surface area contributed by atoms with Crippen LogP contribution in [0.15, 0.2) is 91.2 Å². The molecule has 10 nitrogen and oxygen atoms in total. The third kappa shape index (κ3) is 4.27. The highest BCUT2D eigenvalue weighted by Gasteiger charge is 2.45. The summed E-state index contributed by atoms with van der Waals surface area (Å²) in [6, 6.07) is 7.66. The number of rotatable bonds is 5. The van der Waals surface area contributed by atoms with Crippen LogP contribution in [0.3, 0.4) is 0 Å². The largest absolute Gasteiger partial charge is 0.470 e. The van der Waals surface area contributed by atoms with Crippen LogP contribution in [0.4, 0.5) is 11.5 Å². The first-order chi connectivity index (χ1) is 18.5. The molecule has 194 valence electrons. The molecule has 2 atom stereocenters. The highest BCUT2D eigenvalue weighted by Crippen LogP contribution is 2.44. The molecule has 1 saturated heterocycles. The summed E-state index contributed by atoms with van der Waals surface area (Å²) in [6.07, 6.45) is 13.3. The maximum absolute atomic E-state index is 12.7. The van der Waals surface area contributed by atoms with Gasteiger partial charge in [-0.25, -0.2) is 4.98 Å². The van der Waals surface area contributed by atoms with Gasteiger partial charge < -0.3 is 30.5 Å². The van der Waals surface area contributed by atoms with Crippen LogP contribution in [0, 0.1) is 11.8 Å². The van der Waals surface area contributed by atoms with Crippen molar-refractivity contribution in [3.63, 3.8) is 0 Å². The van der Waals surface area contributed by atoms with Crippen molar-refractivity contribution in [1.82, 2.24) is 19.8 Å². The predicted molar refractivity (Wildman–Crippen MR) is 142 cm³/mol. The molecule has 4 heterocycles. The maximum Gasteiger partial charge on any atom is 0.256 e. The molecule has 2 unspecified atom stereocenters. The zero-order valence-corrected chi connectivity index (χ0v) is 20.9. The summed E-state index contributed by atoms with van der Waals surface area (Å²) in [7, 11) is 0. The molecule has 2 fully saturated rings. The first-order valence-electron chi connectivity index (χ1n) is 12.7. The molecule has 0 bridgehead atoms. The van der Waals surface area contributed by atoms with Gasteiger partial charge in [0.25, 0.3) is 5.91 Å². The Bertz CT molecular complexity index is 1340. The van der Waals surface area contributed by atoms with Gasteiger partial charge in [-0.15, -0.1) is 0 Å². The van der Waals surface area contributed by atoms with Gasteiger partial charge >= 0.3 is 0 Å². The molecule has 0 spiro atoms. The first-order valence-corrected chi connectivity index (χ1v) is 12.7. The predicted octanol–water partition coefficient (Wildman–Crippen LogP) is 2.79. The van der Waals surface area contributed by atoms with Gasteiger partial charge in [0.05, 0.1) is 24.8 Å². The molecular weight excluding hydrogens is 482 g/mol. The molecule has 3 N–H and O–H groups in total. The summed E-state index contributed by atoms with van der Waals surface area (Å²) in [6.45, 7) is 5.75. The first kappa shape index (κ1) is 23.8. The fourth-order valence-electron chi connectivity index (χ4n) is 5.96. The summed E-state index contributed by atoms with van der Waals surface area (Å²) in [4.78, 5) is 39.2. The topological polar surface area (TPSA) is 117 Å². The van der Waals surface area contributed by atoms with Gasteiger partial charge in [-0.3, -0.25) is 14.6 Å². The number of fused-ring (bicyclic) bond motifs is 2. The minimum atomic E-state index is -0.261. The monoisotopic (exact) mass is 511 g/mol. The molecule has 0 radical (unpaired) electrons. The Morgan fingerprint density at radius 3 is 2.58 bits per heavy atom. The number of nitrogens with one attached hydrogen (secondary N) is 1. The number of carbonyl (C=O) groups excluding carboxylic acids is 2. The van der Waals surface area contributed by atoms with E-state index < -0.39 is 0 Å². The molecule has 1 aliphatic carbocycles. The number of amides is 2. The van der Waals surface area contributed by atoms with Crippen LogP contribution in [0.2, 0.25) is 0 Å². The second-order valence-corrected chi connectivity index (χ2v) is 9.96. The molecule has 10 heteroatoms. The van der Waals surface area contributed by atoms with E-state index in [4.69, 9.17) is 10.5 Å². The van der Waals surface area contributed by atoms with Gasteiger partial charge in [0.1, 0.15) is 12.1 Å². The summed E-state index contributed by atoms with van der Waals surface area (Å²) >= 11 is 0. The number of anilines is 2. The number of likely N-dealkylation sites (tertiary alicyclic amines) is 1. The Hall–Kier alpha value is -4.60. The number of hydrogen-bond acceptors (Lipinski definition) is 8. The molecular formula is C28H29N7O3. The van der Waals surface area contributed by atoms with Crippen molar-refractivity contribution in [2.24, 2.45) is 17.6 Å². The van der Waals surface area contributed by atoms with E-state index in [0.717, 1.165) is 42.9 Å². The molecule has 1 aromatic carbocycles. The maximum atomic E-state index is 12.7. The Morgan fingerprint density at radius 2 is 1.89 bits per heavy atom. The number of ether oxygens (including phenoxy) is 1. The van der Waals surface area contributed by atoms with Crippen molar-refractivity contribution < 1.29 is 14.3 Å². The summed E-state index contributed by atoms with van der Waals surface area (Å²) < 4.78 is 5.56. The number of nitrogens with zero attached hydrogens (tertiary/aromatic N) is 5. The van der Waals surface area contributed by atoms with Gasteiger partial charge in [-0.1, -0.05) is 6.58 Å². The zero-order valence-electron chi connectivity index (χ0n) is 20.9. The summed E-state index contributed by atoms with van der Waals surface area (Å²) in [5.74, 6) is 1.72. The van der Waals surface area contributed by atoms with Crippen molar-refractivity contribution in [3.05, 3.63) is 96.8 Å². The molecule has 1 aromatic heterocycles. The third-order valence-corrected chi connectivity index (χ3v) is 7.84. The van der Waals surface area contributed by atoms with E-state index in [9.17, 15) is 9.59 Å². The molecule has 2 aromatic rings. The molecule has 4 aliphatic rings. The average Bonchev–Trinajstić information content (AvgIpc) is 3.53. The average molecular weight is 512 g/mol. The number of hydrogen-bond donors (Lipinski definition) is 2. The van der Waals surface area contributed by atoms with Crippen LogP contribution >= 0.6 is 0 Å². The third-order valence-electron chi connectivity index (χ3n) is 7.84. The van der Waals surface area contributed by atoms with Crippen molar-refractivity contribution in [3.8, 4) is 0 Å². The van der Waals surface area contributed by atoms with Gasteiger partial charge in [-0.2, -0.15) is 0 Å². The Morgan fingerprint density at radius 1 is 1.13 bits per heavy atom. The van der Waals surface area contributed by atoms with E-state index >= 15 is 0 Å². The Balaban J connectivity index is 1.21. The van der Waals surface area contributed by atoms with Crippen molar-refractivity contribution in [2.75, 3.05) is 30.0 Å². The van der Waals surface area contributed by atoms with Crippen LogP contribution in [0.5, 0.6) is 0 Å². The van der Waals surface area contributed by atoms with Crippen LogP contribution in [-0.4, -0.2) is 57.4 Å². The molecule has 3 aliphatic heterocycles. The van der Waals surface area contributed by atoms with Crippen LogP contribution < -0.4 is 16.0 Å².